The number of carbonyl (C=O) groups is 3. The second-order valence-electron chi connectivity index (χ2n) is 8.42. The normalized spacial score (nSPS) is 12.2. The Balaban J connectivity index is 1.45. The standard InChI is InChI=1S/C25H30N2O5/c1-17(2)14-27(15-24(29)30)23(28)12-7-13-26-25(31)32-16-22-20-10-5-3-8-18(20)19-9-4-6-11-21(19)22/h3-6,8-11,17,22H,7,12-16H2,1-2H3,(H,26,31)(H,29,30). The molecule has 2 aromatic rings. The van der Waals surface area contributed by atoms with E-state index in [-0.39, 0.29) is 43.9 Å². The summed E-state index contributed by atoms with van der Waals surface area (Å²) in [5.41, 5.74) is 4.64. The van der Waals surface area contributed by atoms with Crippen LogP contribution >= 0.6 is 0 Å². The Bertz CT molecular complexity index is 927. The average molecular weight is 439 g/mol. The fraction of sp³-hybridized carbons (Fsp3) is 0.400. The van der Waals surface area contributed by atoms with Gasteiger partial charge in [-0.2, -0.15) is 0 Å². The second-order valence-corrected chi connectivity index (χ2v) is 8.42. The molecular weight excluding hydrogens is 408 g/mol. The zero-order valence-corrected chi connectivity index (χ0v) is 18.5. The van der Waals surface area contributed by atoms with Crippen molar-refractivity contribution in [3.8, 4) is 11.1 Å². The van der Waals surface area contributed by atoms with Gasteiger partial charge in [0.25, 0.3) is 0 Å². The first-order valence-corrected chi connectivity index (χ1v) is 10.9. The molecular formula is C25H30N2O5. The Morgan fingerprint density at radius 2 is 1.62 bits per heavy atom. The smallest absolute Gasteiger partial charge is 0.407 e. The van der Waals surface area contributed by atoms with E-state index in [0.29, 0.717) is 13.0 Å². The van der Waals surface area contributed by atoms with E-state index in [0.717, 1.165) is 11.1 Å². The van der Waals surface area contributed by atoms with Crippen LogP contribution in [0.4, 0.5) is 4.79 Å². The number of hydrogen-bond donors (Lipinski definition) is 2. The number of fused-ring (bicyclic) bond motifs is 3. The highest BCUT2D eigenvalue weighted by molar-refractivity contribution is 5.81. The fourth-order valence-corrected chi connectivity index (χ4v) is 4.10. The number of carboxylic acid groups (broad SMARTS) is 1. The molecule has 0 aromatic heterocycles. The molecule has 0 fully saturated rings. The van der Waals surface area contributed by atoms with Crippen molar-refractivity contribution in [2.24, 2.45) is 5.92 Å². The molecule has 0 saturated heterocycles. The van der Waals surface area contributed by atoms with Crippen molar-refractivity contribution < 1.29 is 24.2 Å². The number of nitrogens with zero attached hydrogens (tertiary/aromatic N) is 1. The summed E-state index contributed by atoms with van der Waals surface area (Å²) in [6, 6.07) is 16.3. The largest absolute Gasteiger partial charge is 0.480 e. The predicted octanol–water partition coefficient (Wildman–Crippen LogP) is 3.87. The maximum Gasteiger partial charge on any atom is 0.407 e. The van der Waals surface area contributed by atoms with E-state index in [1.54, 1.807) is 0 Å². The summed E-state index contributed by atoms with van der Waals surface area (Å²) in [5.74, 6) is -1.08. The Morgan fingerprint density at radius 3 is 2.19 bits per heavy atom. The highest BCUT2D eigenvalue weighted by Gasteiger charge is 2.29. The zero-order chi connectivity index (χ0) is 23.1. The van der Waals surface area contributed by atoms with E-state index in [1.165, 1.54) is 16.0 Å². The summed E-state index contributed by atoms with van der Waals surface area (Å²) < 4.78 is 5.48. The van der Waals surface area contributed by atoms with Gasteiger partial charge in [-0.3, -0.25) is 9.59 Å². The number of benzene rings is 2. The molecule has 2 N–H and O–H groups in total. The van der Waals surface area contributed by atoms with Gasteiger partial charge in [0, 0.05) is 25.4 Å². The van der Waals surface area contributed by atoms with Crippen LogP contribution < -0.4 is 5.32 Å². The Morgan fingerprint density at radius 1 is 1.03 bits per heavy atom. The minimum atomic E-state index is -1.03. The van der Waals surface area contributed by atoms with Crippen molar-refractivity contribution in [2.45, 2.75) is 32.6 Å². The molecule has 2 aromatic carbocycles. The highest BCUT2D eigenvalue weighted by Crippen LogP contribution is 2.44. The average Bonchev–Trinajstić information content (AvgIpc) is 3.08. The summed E-state index contributed by atoms with van der Waals surface area (Å²) in [7, 11) is 0. The molecule has 0 bridgehead atoms. The first-order chi connectivity index (χ1) is 15.4. The van der Waals surface area contributed by atoms with Crippen molar-refractivity contribution >= 4 is 18.0 Å². The van der Waals surface area contributed by atoms with Crippen molar-refractivity contribution in [2.75, 3.05) is 26.2 Å². The number of carbonyl (C=O) groups excluding carboxylic acids is 2. The van der Waals surface area contributed by atoms with Gasteiger partial charge in [0.2, 0.25) is 5.91 Å². The van der Waals surface area contributed by atoms with Crippen LogP contribution in [0.25, 0.3) is 11.1 Å². The summed E-state index contributed by atoms with van der Waals surface area (Å²) in [6.07, 6.45) is 0.0600. The van der Waals surface area contributed by atoms with Gasteiger partial charge in [-0.1, -0.05) is 62.4 Å². The first-order valence-electron chi connectivity index (χ1n) is 10.9. The number of hydrogen-bond acceptors (Lipinski definition) is 4. The quantitative estimate of drug-likeness (QED) is 0.549. The maximum atomic E-state index is 12.3. The molecule has 0 spiro atoms. The maximum absolute atomic E-state index is 12.3. The van der Waals surface area contributed by atoms with Crippen LogP contribution in [0.2, 0.25) is 0 Å². The molecule has 32 heavy (non-hydrogen) atoms. The Labute approximate surface area is 188 Å². The number of amides is 2. The van der Waals surface area contributed by atoms with Gasteiger partial charge in [0.15, 0.2) is 0 Å². The van der Waals surface area contributed by atoms with Crippen molar-refractivity contribution in [3.63, 3.8) is 0 Å². The molecule has 0 radical (unpaired) electrons. The van der Waals surface area contributed by atoms with Crippen LogP contribution in [-0.2, 0) is 14.3 Å². The summed E-state index contributed by atoms with van der Waals surface area (Å²) >= 11 is 0. The van der Waals surface area contributed by atoms with Gasteiger partial charge < -0.3 is 20.1 Å². The molecule has 1 aliphatic rings. The summed E-state index contributed by atoms with van der Waals surface area (Å²) in [6.45, 7) is 4.47. The van der Waals surface area contributed by atoms with Gasteiger partial charge in [0.1, 0.15) is 13.2 Å². The lowest BCUT2D eigenvalue weighted by Crippen LogP contribution is -2.38. The zero-order valence-electron chi connectivity index (χ0n) is 18.5. The number of nitrogens with one attached hydrogen (secondary N) is 1. The van der Waals surface area contributed by atoms with Gasteiger partial charge in [-0.25, -0.2) is 4.79 Å². The molecule has 0 atom stereocenters. The van der Waals surface area contributed by atoms with E-state index in [4.69, 9.17) is 9.84 Å². The summed E-state index contributed by atoms with van der Waals surface area (Å²) in [4.78, 5) is 36.8. The van der Waals surface area contributed by atoms with E-state index in [9.17, 15) is 14.4 Å². The molecule has 2 amide bonds. The van der Waals surface area contributed by atoms with Crippen LogP contribution in [0.15, 0.2) is 48.5 Å². The Kier molecular flexibility index (Phi) is 7.87. The number of rotatable bonds is 10. The molecule has 0 saturated carbocycles. The first kappa shape index (κ1) is 23.3. The Hall–Kier alpha value is -3.35. The lowest BCUT2D eigenvalue weighted by molar-refractivity contribution is -0.144. The van der Waals surface area contributed by atoms with E-state index < -0.39 is 12.1 Å². The topological polar surface area (TPSA) is 95.9 Å². The van der Waals surface area contributed by atoms with Gasteiger partial charge in [-0.15, -0.1) is 0 Å². The number of carboxylic acids is 1. The predicted molar refractivity (Wildman–Crippen MR) is 121 cm³/mol. The number of alkyl carbamates (subject to hydrolysis) is 1. The lowest BCUT2D eigenvalue weighted by atomic mass is 9.98. The molecule has 0 heterocycles. The molecule has 1 aliphatic carbocycles. The van der Waals surface area contributed by atoms with Crippen LogP contribution in [0.1, 0.15) is 43.7 Å². The third kappa shape index (κ3) is 5.87. The van der Waals surface area contributed by atoms with Crippen LogP contribution in [-0.4, -0.2) is 54.2 Å². The van der Waals surface area contributed by atoms with Crippen molar-refractivity contribution in [1.82, 2.24) is 10.2 Å². The fourth-order valence-electron chi connectivity index (χ4n) is 4.10. The van der Waals surface area contributed by atoms with Crippen LogP contribution in [0.3, 0.4) is 0 Å². The van der Waals surface area contributed by atoms with E-state index in [2.05, 4.69) is 29.6 Å². The molecule has 3 rings (SSSR count). The van der Waals surface area contributed by atoms with E-state index in [1.807, 2.05) is 38.1 Å². The second kappa shape index (κ2) is 10.8. The van der Waals surface area contributed by atoms with Gasteiger partial charge in [-0.05, 0) is 34.6 Å². The van der Waals surface area contributed by atoms with Crippen molar-refractivity contribution in [1.29, 1.82) is 0 Å². The molecule has 170 valence electrons. The number of aliphatic carboxylic acids is 1. The third-order valence-corrected chi connectivity index (χ3v) is 5.44. The van der Waals surface area contributed by atoms with Crippen LogP contribution in [0, 0.1) is 5.92 Å². The lowest BCUT2D eigenvalue weighted by Gasteiger charge is -2.22. The highest BCUT2D eigenvalue weighted by atomic mass is 16.5. The van der Waals surface area contributed by atoms with Gasteiger partial charge in [0.05, 0.1) is 0 Å². The van der Waals surface area contributed by atoms with Crippen molar-refractivity contribution in [3.05, 3.63) is 59.7 Å². The monoisotopic (exact) mass is 438 g/mol. The SMILES string of the molecule is CC(C)CN(CC(=O)O)C(=O)CCCNC(=O)OCC1c2ccccc2-c2ccccc21. The summed E-state index contributed by atoms with van der Waals surface area (Å²) in [5, 5.41) is 11.7. The minimum Gasteiger partial charge on any atom is -0.480 e. The van der Waals surface area contributed by atoms with Gasteiger partial charge >= 0.3 is 12.1 Å². The molecule has 7 heteroatoms. The van der Waals surface area contributed by atoms with E-state index >= 15 is 0 Å². The molecule has 0 unspecified atom stereocenters. The molecule has 0 aliphatic heterocycles. The van der Waals surface area contributed by atoms with Crippen LogP contribution in [0.5, 0.6) is 0 Å². The molecule has 7 nitrogen and oxygen atoms in total. The number of ether oxygens (including phenoxy) is 1. The third-order valence-electron chi connectivity index (χ3n) is 5.44. The minimum absolute atomic E-state index is 0.00432.